The summed E-state index contributed by atoms with van der Waals surface area (Å²) in [4.78, 5) is 0. The van der Waals surface area contributed by atoms with Gasteiger partial charge in [0.1, 0.15) is 11.6 Å². The first-order valence-electron chi connectivity index (χ1n) is 8.64. The molecule has 1 unspecified atom stereocenters. The highest BCUT2D eigenvalue weighted by Gasteiger charge is 2.27. The van der Waals surface area contributed by atoms with E-state index >= 15 is 0 Å². The number of anilines is 1. The van der Waals surface area contributed by atoms with Crippen LogP contribution in [-0.4, -0.2) is 19.8 Å². The topological polar surface area (TPSA) is 55.1 Å². The number of benzene rings is 1. The second-order valence-corrected chi connectivity index (χ2v) is 6.57. The van der Waals surface area contributed by atoms with Gasteiger partial charge in [0.05, 0.1) is 6.04 Å². The smallest absolute Gasteiger partial charge is 0.299 e. The van der Waals surface area contributed by atoms with Crippen LogP contribution in [0.1, 0.15) is 49.5 Å². The largest absolute Gasteiger partial charge is 0.362 e. The van der Waals surface area contributed by atoms with Gasteiger partial charge in [-0.05, 0) is 48.6 Å². The molecule has 2 heterocycles. The molecule has 3 aromatic rings. The van der Waals surface area contributed by atoms with E-state index in [1.165, 1.54) is 12.1 Å². The molecule has 2 aromatic heterocycles. The van der Waals surface area contributed by atoms with Crippen molar-refractivity contribution in [3.63, 3.8) is 0 Å². The van der Waals surface area contributed by atoms with E-state index in [1.54, 1.807) is 18.2 Å². The minimum Gasteiger partial charge on any atom is -0.362 e. The third-order valence-corrected chi connectivity index (χ3v) is 4.86. The van der Waals surface area contributed by atoms with E-state index < -0.39 is 12.2 Å². The number of hydrogen-bond acceptors (Lipinski definition) is 4. The molecule has 0 spiro atoms. The van der Waals surface area contributed by atoms with Gasteiger partial charge < -0.3 is 5.32 Å². The van der Waals surface area contributed by atoms with E-state index in [2.05, 4.69) is 20.6 Å². The fraction of sp³-hybridized carbons (Fsp3) is 0.389. The number of nitrogens with zero attached hydrogens (tertiary/aromatic N) is 4. The summed E-state index contributed by atoms with van der Waals surface area (Å²) in [5.74, 6) is -0.0218. The normalized spacial score (nSPS) is 16.5. The maximum atomic E-state index is 13.7. The Labute approximate surface area is 148 Å². The number of fused-ring (bicyclic) bond motifs is 1. The van der Waals surface area contributed by atoms with E-state index in [4.69, 9.17) is 0 Å². The van der Waals surface area contributed by atoms with Gasteiger partial charge in [-0.1, -0.05) is 25.0 Å². The molecule has 1 aliphatic rings. The summed E-state index contributed by atoms with van der Waals surface area (Å²) in [6.07, 6.45) is 1.56. The van der Waals surface area contributed by atoms with Crippen molar-refractivity contribution in [1.29, 1.82) is 0 Å². The summed E-state index contributed by atoms with van der Waals surface area (Å²) >= 11 is 0. The van der Waals surface area contributed by atoms with Crippen molar-refractivity contribution in [2.75, 3.05) is 5.32 Å². The number of rotatable bonds is 5. The van der Waals surface area contributed by atoms with Gasteiger partial charge in [0.2, 0.25) is 5.82 Å². The molecule has 1 atom stereocenters. The summed E-state index contributed by atoms with van der Waals surface area (Å²) in [6.45, 7) is 0. The van der Waals surface area contributed by atoms with E-state index in [1.807, 2.05) is 6.07 Å². The van der Waals surface area contributed by atoms with Gasteiger partial charge >= 0.3 is 0 Å². The Bertz CT molecular complexity index is 905. The zero-order valence-corrected chi connectivity index (χ0v) is 13.9. The number of nitrogens with one attached hydrogen (secondary N) is 1. The molecule has 0 amide bonds. The maximum absolute atomic E-state index is 13.7. The Morgan fingerprint density at radius 2 is 1.88 bits per heavy atom. The quantitative estimate of drug-likeness (QED) is 0.725. The zero-order valence-electron chi connectivity index (χ0n) is 13.9. The van der Waals surface area contributed by atoms with Crippen LogP contribution in [0.4, 0.5) is 19.0 Å². The van der Waals surface area contributed by atoms with Gasteiger partial charge in [-0.25, -0.2) is 13.2 Å². The molecule has 0 bridgehead atoms. The molecule has 1 aromatic carbocycles. The average Bonchev–Trinajstić information content (AvgIpc) is 3.29. The van der Waals surface area contributed by atoms with Gasteiger partial charge in [-0.3, -0.25) is 0 Å². The zero-order chi connectivity index (χ0) is 18.1. The predicted molar refractivity (Wildman–Crippen MR) is 90.5 cm³/mol. The highest BCUT2D eigenvalue weighted by molar-refractivity contribution is 5.45. The Morgan fingerprint density at radius 1 is 1.08 bits per heavy atom. The minimum atomic E-state index is -2.76. The third-order valence-electron chi connectivity index (χ3n) is 4.86. The van der Waals surface area contributed by atoms with Crippen LogP contribution in [0.3, 0.4) is 0 Å². The molecule has 136 valence electrons. The van der Waals surface area contributed by atoms with Crippen LogP contribution < -0.4 is 5.32 Å². The molecular weight excluding hydrogens is 343 g/mol. The van der Waals surface area contributed by atoms with Gasteiger partial charge in [-0.15, -0.1) is 15.3 Å². The Kier molecular flexibility index (Phi) is 4.48. The van der Waals surface area contributed by atoms with Gasteiger partial charge in [0, 0.05) is 0 Å². The van der Waals surface area contributed by atoms with Gasteiger partial charge in [0.25, 0.3) is 6.43 Å². The molecular formula is C18H18F3N5. The van der Waals surface area contributed by atoms with Crippen molar-refractivity contribution >= 4 is 11.5 Å². The lowest BCUT2D eigenvalue weighted by Crippen LogP contribution is -2.20. The van der Waals surface area contributed by atoms with E-state index in [0.29, 0.717) is 11.7 Å². The van der Waals surface area contributed by atoms with Gasteiger partial charge in [0.15, 0.2) is 5.65 Å². The van der Waals surface area contributed by atoms with Crippen LogP contribution in [0.15, 0.2) is 36.4 Å². The number of aromatic nitrogens is 4. The molecule has 0 saturated heterocycles. The minimum absolute atomic E-state index is 0.135. The van der Waals surface area contributed by atoms with E-state index in [0.717, 1.165) is 35.8 Å². The highest BCUT2D eigenvalue weighted by Crippen LogP contribution is 2.37. The molecule has 1 aliphatic carbocycles. The molecule has 5 nitrogen and oxygen atoms in total. The van der Waals surface area contributed by atoms with E-state index in [9.17, 15) is 13.2 Å². The van der Waals surface area contributed by atoms with Crippen LogP contribution in [0.25, 0.3) is 5.65 Å². The molecule has 8 heteroatoms. The lowest BCUT2D eigenvalue weighted by Gasteiger charge is -2.25. The summed E-state index contributed by atoms with van der Waals surface area (Å²) in [6, 6.07) is 9.61. The van der Waals surface area contributed by atoms with Crippen LogP contribution in [-0.2, 0) is 0 Å². The van der Waals surface area contributed by atoms with Crippen molar-refractivity contribution in [2.45, 2.75) is 38.2 Å². The second kappa shape index (κ2) is 6.93. The van der Waals surface area contributed by atoms with Crippen LogP contribution in [0, 0.1) is 11.7 Å². The molecule has 0 aliphatic heterocycles. The average molecular weight is 361 g/mol. The maximum Gasteiger partial charge on any atom is 0.299 e. The number of halogens is 3. The van der Waals surface area contributed by atoms with Crippen molar-refractivity contribution in [3.05, 3.63) is 53.6 Å². The summed E-state index contributed by atoms with van der Waals surface area (Å²) < 4.78 is 40.9. The van der Waals surface area contributed by atoms with E-state index in [-0.39, 0.29) is 17.5 Å². The molecule has 1 N–H and O–H groups in total. The standard InChI is InChI=1S/C18H18F3N5/c19-13-7-3-6-12(10-13)16(11-4-1-2-5-11)22-14-8-9-15-23-24-18(17(20)21)26(15)25-14/h3,6-11,16-17H,1-2,4-5H2,(H,22,25). The fourth-order valence-electron chi connectivity index (χ4n) is 3.64. The summed E-state index contributed by atoms with van der Waals surface area (Å²) in [5, 5.41) is 14.7. The number of alkyl halides is 2. The first kappa shape index (κ1) is 16.8. The monoisotopic (exact) mass is 361 g/mol. The van der Waals surface area contributed by atoms with Crippen LogP contribution >= 0.6 is 0 Å². The van der Waals surface area contributed by atoms with Crippen molar-refractivity contribution in [3.8, 4) is 0 Å². The Balaban J connectivity index is 1.69. The lowest BCUT2D eigenvalue weighted by atomic mass is 9.91. The lowest BCUT2D eigenvalue weighted by molar-refractivity contribution is 0.137. The molecule has 1 fully saturated rings. The Hall–Kier alpha value is -2.64. The summed E-state index contributed by atoms with van der Waals surface area (Å²) in [7, 11) is 0. The summed E-state index contributed by atoms with van der Waals surface area (Å²) in [5.41, 5.74) is 1.09. The third kappa shape index (κ3) is 3.23. The first-order valence-corrected chi connectivity index (χ1v) is 8.64. The van der Waals surface area contributed by atoms with Crippen LogP contribution in [0.2, 0.25) is 0 Å². The second-order valence-electron chi connectivity index (χ2n) is 6.57. The van der Waals surface area contributed by atoms with Crippen LogP contribution in [0.5, 0.6) is 0 Å². The predicted octanol–water partition coefficient (Wildman–Crippen LogP) is 4.54. The molecule has 0 radical (unpaired) electrons. The molecule has 4 rings (SSSR count). The number of hydrogen-bond donors (Lipinski definition) is 1. The van der Waals surface area contributed by atoms with Crippen molar-refractivity contribution in [2.24, 2.45) is 5.92 Å². The molecule has 1 saturated carbocycles. The van der Waals surface area contributed by atoms with Gasteiger partial charge in [-0.2, -0.15) is 4.52 Å². The molecule has 26 heavy (non-hydrogen) atoms. The SMILES string of the molecule is Fc1cccc(C(Nc2ccc3nnc(C(F)F)n3n2)C2CCCC2)c1. The first-order chi connectivity index (χ1) is 12.6. The van der Waals surface area contributed by atoms with Crippen molar-refractivity contribution < 1.29 is 13.2 Å². The Morgan fingerprint density at radius 3 is 2.62 bits per heavy atom. The van der Waals surface area contributed by atoms with Crippen molar-refractivity contribution in [1.82, 2.24) is 19.8 Å². The fourth-order valence-corrected chi connectivity index (χ4v) is 3.64. The highest BCUT2D eigenvalue weighted by atomic mass is 19.3.